The minimum Gasteiger partial charge on any atom is -0.388 e. The first kappa shape index (κ1) is 22.0. The normalized spacial score (nSPS) is 12.0. The van der Waals surface area contributed by atoms with Crippen LogP contribution < -0.4 is 10.6 Å². The second kappa shape index (κ2) is 9.52. The Morgan fingerprint density at radius 1 is 1.12 bits per heavy atom. The summed E-state index contributed by atoms with van der Waals surface area (Å²) >= 11 is 7.24. The molecule has 0 spiro atoms. The third kappa shape index (κ3) is 4.67. The number of hydrogen-bond acceptors (Lipinski definition) is 5. The lowest BCUT2D eigenvalue weighted by atomic mass is 10.1. The fourth-order valence-electron chi connectivity index (χ4n) is 3.34. The molecule has 4 rings (SSSR count). The zero-order chi connectivity index (χ0) is 22.7. The number of carbonyl (C=O) groups is 2. The van der Waals surface area contributed by atoms with Crippen molar-refractivity contribution in [1.82, 2.24) is 20.8 Å². The summed E-state index contributed by atoms with van der Waals surface area (Å²) in [5, 5.41) is 24.0. The van der Waals surface area contributed by atoms with Crippen LogP contribution >= 0.6 is 22.9 Å². The van der Waals surface area contributed by atoms with Crippen LogP contribution in [0.1, 0.15) is 38.2 Å². The maximum atomic E-state index is 12.5. The van der Waals surface area contributed by atoms with Gasteiger partial charge in [-0.25, -0.2) is 0 Å². The van der Waals surface area contributed by atoms with Gasteiger partial charge in [-0.2, -0.15) is 5.10 Å². The van der Waals surface area contributed by atoms with Gasteiger partial charge in [-0.1, -0.05) is 29.8 Å². The number of rotatable bonds is 7. The zero-order valence-corrected chi connectivity index (χ0v) is 18.8. The van der Waals surface area contributed by atoms with Crippen LogP contribution in [0.5, 0.6) is 0 Å². The maximum Gasteiger partial charge on any atom is 0.272 e. The standard InChI is InChI=1S/C23H21ClN4O3S/c1-25-23(31)21-16-7-4-14(12-17(16)27-28-21)19-8-9-20(32-19)22(30)26-11-10-18(29)13-2-5-15(24)6-3-13/h2-9,12,18,29H,10-11H2,1H3,(H,25,31)(H,26,30)(H,27,28). The van der Waals surface area contributed by atoms with Gasteiger partial charge < -0.3 is 15.7 Å². The van der Waals surface area contributed by atoms with Crippen LogP contribution in [0, 0.1) is 0 Å². The Kier molecular flexibility index (Phi) is 6.55. The number of halogens is 1. The Morgan fingerprint density at radius 3 is 2.66 bits per heavy atom. The molecule has 2 aromatic carbocycles. The number of amides is 2. The van der Waals surface area contributed by atoms with Crippen molar-refractivity contribution in [1.29, 1.82) is 0 Å². The number of aliphatic hydroxyl groups is 1. The van der Waals surface area contributed by atoms with Gasteiger partial charge in [0.1, 0.15) is 0 Å². The molecule has 2 amide bonds. The van der Waals surface area contributed by atoms with E-state index in [-0.39, 0.29) is 11.8 Å². The Bertz CT molecular complexity index is 1270. The molecule has 2 heterocycles. The summed E-state index contributed by atoms with van der Waals surface area (Å²) in [6.07, 6.45) is -0.275. The summed E-state index contributed by atoms with van der Waals surface area (Å²) < 4.78 is 0. The van der Waals surface area contributed by atoms with Gasteiger partial charge in [0.05, 0.1) is 16.5 Å². The zero-order valence-electron chi connectivity index (χ0n) is 17.2. The van der Waals surface area contributed by atoms with Crippen molar-refractivity contribution in [3.8, 4) is 10.4 Å². The second-order valence-electron chi connectivity index (χ2n) is 7.19. The number of benzene rings is 2. The van der Waals surface area contributed by atoms with E-state index in [0.29, 0.717) is 28.6 Å². The number of H-pyrrole nitrogens is 1. The van der Waals surface area contributed by atoms with E-state index in [9.17, 15) is 14.7 Å². The van der Waals surface area contributed by atoms with Crippen molar-refractivity contribution in [2.75, 3.05) is 13.6 Å². The molecular weight excluding hydrogens is 448 g/mol. The SMILES string of the molecule is CNC(=O)c1n[nH]c2cc(-c3ccc(C(=O)NCCC(O)c4ccc(Cl)cc4)s3)ccc12. The fourth-order valence-corrected chi connectivity index (χ4v) is 4.39. The van der Waals surface area contributed by atoms with Gasteiger partial charge in [-0.05, 0) is 53.9 Å². The van der Waals surface area contributed by atoms with Crippen LogP contribution in [-0.4, -0.2) is 40.7 Å². The third-order valence-corrected chi connectivity index (χ3v) is 6.46. The minimum atomic E-state index is -0.674. The molecule has 4 aromatic rings. The number of nitrogens with zero attached hydrogens (tertiary/aromatic N) is 1. The van der Waals surface area contributed by atoms with Gasteiger partial charge in [-0.15, -0.1) is 11.3 Å². The highest BCUT2D eigenvalue weighted by Crippen LogP contribution is 2.31. The van der Waals surface area contributed by atoms with Crippen molar-refractivity contribution in [3.63, 3.8) is 0 Å². The summed E-state index contributed by atoms with van der Waals surface area (Å²) in [5.41, 5.74) is 2.78. The molecule has 164 valence electrons. The van der Waals surface area contributed by atoms with Gasteiger partial charge in [0.25, 0.3) is 11.8 Å². The van der Waals surface area contributed by atoms with E-state index >= 15 is 0 Å². The Hall–Kier alpha value is -3.20. The molecule has 0 radical (unpaired) electrons. The summed E-state index contributed by atoms with van der Waals surface area (Å²) in [5.74, 6) is -0.436. The quantitative estimate of drug-likeness (QED) is 0.326. The first-order valence-electron chi connectivity index (χ1n) is 9.98. The van der Waals surface area contributed by atoms with Crippen molar-refractivity contribution >= 4 is 45.7 Å². The molecule has 0 bridgehead atoms. The molecule has 9 heteroatoms. The molecule has 1 atom stereocenters. The molecule has 0 aliphatic rings. The molecule has 0 aliphatic carbocycles. The highest BCUT2D eigenvalue weighted by Gasteiger charge is 2.15. The highest BCUT2D eigenvalue weighted by atomic mass is 35.5. The second-order valence-corrected chi connectivity index (χ2v) is 8.71. The summed E-state index contributed by atoms with van der Waals surface area (Å²) in [6, 6.07) is 16.3. The number of aliphatic hydroxyl groups excluding tert-OH is 1. The van der Waals surface area contributed by atoms with Crippen molar-refractivity contribution in [2.45, 2.75) is 12.5 Å². The van der Waals surface area contributed by atoms with Crippen molar-refractivity contribution < 1.29 is 14.7 Å². The number of carbonyl (C=O) groups excluding carboxylic acids is 2. The Balaban J connectivity index is 1.39. The first-order valence-corrected chi connectivity index (χ1v) is 11.2. The van der Waals surface area contributed by atoms with Gasteiger partial charge in [0, 0.05) is 28.9 Å². The molecule has 7 nitrogen and oxygen atoms in total. The summed E-state index contributed by atoms with van der Waals surface area (Å²) in [6.45, 7) is 0.345. The number of fused-ring (bicyclic) bond motifs is 1. The predicted molar refractivity (Wildman–Crippen MR) is 126 cm³/mol. The lowest BCUT2D eigenvalue weighted by molar-refractivity contribution is 0.0942. The van der Waals surface area contributed by atoms with Crippen molar-refractivity contribution in [2.24, 2.45) is 0 Å². The lowest BCUT2D eigenvalue weighted by Crippen LogP contribution is -2.24. The molecule has 0 aliphatic heterocycles. The summed E-state index contributed by atoms with van der Waals surface area (Å²) in [4.78, 5) is 25.9. The van der Waals surface area contributed by atoms with Gasteiger partial charge in [0.15, 0.2) is 5.69 Å². The molecule has 32 heavy (non-hydrogen) atoms. The molecule has 2 aromatic heterocycles. The number of aromatic nitrogens is 2. The lowest BCUT2D eigenvalue weighted by Gasteiger charge is -2.11. The topological polar surface area (TPSA) is 107 Å². The van der Waals surface area contributed by atoms with E-state index in [1.807, 2.05) is 24.3 Å². The molecule has 4 N–H and O–H groups in total. The average Bonchev–Trinajstić information content (AvgIpc) is 3.46. The molecular formula is C23H21ClN4O3S. The number of nitrogens with one attached hydrogen (secondary N) is 3. The fraction of sp³-hybridized carbons (Fsp3) is 0.174. The van der Waals surface area contributed by atoms with Gasteiger partial charge >= 0.3 is 0 Å². The molecule has 0 saturated heterocycles. The third-order valence-electron chi connectivity index (χ3n) is 5.08. The minimum absolute atomic E-state index is 0.186. The van der Waals surface area contributed by atoms with Crippen LogP contribution in [0.25, 0.3) is 21.3 Å². The monoisotopic (exact) mass is 468 g/mol. The van der Waals surface area contributed by atoms with Crippen LogP contribution in [0.2, 0.25) is 5.02 Å². The first-order chi connectivity index (χ1) is 15.5. The van der Waals surface area contributed by atoms with Crippen LogP contribution in [0.15, 0.2) is 54.6 Å². The Morgan fingerprint density at radius 2 is 1.91 bits per heavy atom. The van der Waals surface area contributed by atoms with Gasteiger partial charge in [-0.3, -0.25) is 14.7 Å². The molecule has 0 fully saturated rings. The average molecular weight is 469 g/mol. The Labute approximate surface area is 193 Å². The maximum absolute atomic E-state index is 12.5. The molecule has 1 unspecified atom stereocenters. The van der Waals surface area contributed by atoms with Crippen LogP contribution in [-0.2, 0) is 0 Å². The largest absolute Gasteiger partial charge is 0.388 e. The number of aromatic amines is 1. The molecule has 0 saturated carbocycles. The predicted octanol–water partition coefficient (Wildman–Crippen LogP) is 4.16. The van der Waals surface area contributed by atoms with Crippen molar-refractivity contribution in [3.05, 3.63) is 75.8 Å². The van der Waals surface area contributed by atoms with E-state index in [1.54, 1.807) is 37.4 Å². The highest BCUT2D eigenvalue weighted by molar-refractivity contribution is 7.17. The van der Waals surface area contributed by atoms with E-state index in [4.69, 9.17) is 11.6 Å². The number of thiophene rings is 1. The van der Waals surface area contributed by atoms with Gasteiger partial charge in [0.2, 0.25) is 0 Å². The summed E-state index contributed by atoms with van der Waals surface area (Å²) in [7, 11) is 1.56. The van der Waals surface area contributed by atoms with E-state index in [1.165, 1.54) is 11.3 Å². The van der Waals surface area contributed by atoms with Crippen LogP contribution in [0.4, 0.5) is 0 Å². The van der Waals surface area contributed by atoms with Crippen LogP contribution in [0.3, 0.4) is 0 Å². The van der Waals surface area contributed by atoms with E-state index < -0.39 is 6.10 Å². The van der Waals surface area contributed by atoms with E-state index in [2.05, 4.69) is 20.8 Å². The number of hydrogen-bond donors (Lipinski definition) is 4. The smallest absolute Gasteiger partial charge is 0.272 e. The van der Waals surface area contributed by atoms with E-state index in [0.717, 1.165) is 26.9 Å².